The number of hydrogen-bond donors (Lipinski definition) is 0. The summed E-state index contributed by atoms with van der Waals surface area (Å²) in [5.41, 5.74) is 0. The van der Waals surface area contributed by atoms with Gasteiger partial charge in [0.05, 0.1) is 0 Å². The third-order valence-electron chi connectivity index (χ3n) is 3.78. The van der Waals surface area contributed by atoms with Crippen LogP contribution in [-0.2, 0) is 0 Å². The molecule has 2 aliphatic heterocycles. The molecule has 0 aromatic rings. The SMILES string of the molecule is CC.CC.CC1CCN2CCCC(C)C2C1. The first-order chi connectivity index (χ1) is 7.77. The lowest BCUT2D eigenvalue weighted by atomic mass is 9.81. The highest BCUT2D eigenvalue weighted by molar-refractivity contribution is 4.86. The Hall–Kier alpha value is -0.0400. The fourth-order valence-corrected chi connectivity index (χ4v) is 2.91. The predicted octanol–water partition coefficient (Wildman–Crippen LogP) is 4.57. The Bertz CT molecular complexity index is 156. The van der Waals surface area contributed by atoms with Gasteiger partial charge in [0.1, 0.15) is 0 Å². The Morgan fingerprint density at radius 3 is 2.12 bits per heavy atom. The summed E-state index contributed by atoms with van der Waals surface area (Å²) in [5, 5.41) is 0. The average molecular weight is 227 g/mol. The summed E-state index contributed by atoms with van der Waals surface area (Å²) in [6.07, 6.45) is 5.80. The molecule has 0 radical (unpaired) electrons. The topological polar surface area (TPSA) is 3.24 Å². The molecule has 2 saturated heterocycles. The maximum Gasteiger partial charge on any atom is 0.0123 e. The smallest absolute Gasteiger partial charge is 0.0123 e. The van der Waals surface area contributed by atoms with Crippen molar-refractivity contribution in [3.05, 3.63) is 0 Å². The second-order valence-electron chi connectivity index (χ2n) is 4.85. The molecule has 0 spiro atoms. The van der Waals surface area contributed by atoms with Gasteiger partial charge in [0.25, 0.3) is 0 Å². The lowest BCUT2D eigenvalue weighted by Gasteiger charge is -2.45. The molecule has 0 aliphatic carbocycles. The van der Waals surface area contributed by atoms with E-state index in [1.54, 1.807) is 0 Å². The van der Waals surface area contributed by atoms with Crippen molar-refractivity contribution in [2.24, 2.45) is 11.8 Å². The largest absolute Gasteiger partial charge is 0.300 e. The van der Waals surface area contributed by atoms with Gasteiger partial charge in [-0.3, -0.25) is 0 Å². The fourth-order valence-electron chi connectivity index (χ4n) is 2.91. The van der Waals surface area contributed by atoms with E-state index in [4.69, 9.17) is 0 Å². The lowest BCUT2D eigenvalue weighted by Crippen LogP contribution is -2.48. The van der Waals surface area contributed by atoms with E-state index in [0.29, 0.717) is 0 Å². The van der Waals surface area contributed by atoms with Crippen LogP contribution in [0.25, 0.3) is 0 Å². The summed E-state index contributed by atoms with van der Waals surface area (Å²) in [6.45, 7) is 15.6. The predicted molar refractivity (Wildman–Crippen MR) is 74.9 cm³/mol. The minimum Gasteiger partial charge on any atom is -0.300 e. The number of fused-ring (bicyclic) bond motifs is 1. The number of hydrogen-bond acceptors (Lipinski definition) is 1. The van der Waals surface area contributed by atoms with Crippen molar-refractivity contribution in [1.82, 2.24) is 4.90 Å². The molecule has 1 heteroatoms. The molecule has 2 heterocycles. The zero-order valence-electron chi connectivity index (χ0n) is 12.4. The van der Waals surface area contributed by atoms with Gasteiger partial charge in [0.15, 0.2) is 0 Å². The summed E-state index contributed by atoms with van der Waals surface area (Å²) < 4.78 is 0. The second-order valence-corrected chi connectivity index (χ2v) is 4.85. The Morgan fingerprint density at radius 1 is 0.875 bits per heavy atom. The molecule has 98 valence electrons. The highest BCUT2D eigenvalue weighted by Gasteiger charge is 2.32. The first-order valence-electron chi connectivity index (χ1n) is 7.51. The number of piperidine rings is 2. The van der Waals surface area contributed by atoms with Crippen LogP contribution in [0.2, 0.25) is 0 Å². The Kier molecular flexibility index (Phi) is 9.02. The van der Waals surface area contributed by atoms with E-state index >= 15 is 0 Å². The standard InChI is InChI=1S/C11H21N.2C2H6/c1-9-5-7-12-6-3-4-10(2)11(12)8-9;2*1-2/h9-11H,3-8H2,1-2H3;2*1-2H3. The molecular weight excluding hydrogens is 194 g/mol. The van der Waals surface area contributed by atoms with E-state index in [-0.39, 0.29) is 0 Å². The zero-order chi connectivity index (χ0) is 12.6. The Morgan fingerprint density at radius 2 is 1.50 bits per heavy atom. The van der Waals surface area contributed by atoms with E-state index in [9.17, 15) is 0 Å². The van der Waals surface area contributed by atoms with Gasteiger partial charge in [0.2, 0.25) is 0 Å². The van der Waals surface area contributed by atoms with Crippen molar-refractivity contribution in [3.63, 3.8) is 0 Å². The quantitative estimate of drug-likeness (QED) is 0.586. The Labute approximate surface area is 104 Å². The van der Waals surface area contributed by atoms with Crippen molar-refractivity contribution in [2.45, 2.75) is 73.3 Å². The maximum atomic E-state index is 2.73. The third-order valence-corrected chi connectivity index (χ3v) is 3.78. The molecule has 3 unspecified atom stereocenters. The highest BCUT2D eigenvalue weighted by atomic mass is 15.2. The van der Waals surface area contributed by atoms with Gasteiger partial charge in [0, 0.05) is 6.04 Å². The monoisotopic (exact) mass is 227 g/mol. The molecule has 1 nitrogen and oxygen atoms in total. The summed E-state index contributed by atoms with van der Waals surface area (Å²) in [4.78, 5) is 2.73. The van der Waals surface area contributed by atoms with Crippen LogP contribution >= 0.6 is 0 Å². The van der Waals surface area contributed by atoms with Crippen LogP contribution in [0.1, 0.15) is 67.2 Å². The van der Waals surface area contributed by atoms with Gasteiger partial charge in [-0.15, -0.1) is 0 Å². The van der Waals surface area contributed by atoms with Crippen LogP contribution in [0.5, 0.6) is 0 Å². The van der Waals surface area contributed by atoms with Gasteiger partial charge in [-0.05, 0) is 50.6 Å². The van der Waals surface area contributed by atoms with Gasteiger partial charge >= 0.3 is 0 Å². The zero-order valence-corrected chi connectivity index (χ0v) is 12.4. The van der Waals surface area contributed by atoms with Crippen molar-refractivity contribution >= 4 is 0 Å². The molecule has 2 rings (SSSR count). The fraction of sp³-hybridized carbons (Fsp3) is 1.00. The molecule has 2 aliphatic rings. The van der Waals surface area contributed by atoms with Crippen LogP contribution in [0.15, 0.2) is 0 Å². The molecule has 0 saturated carbocycles. The average Bonchev–Trinajstić information content (AvgIpc) is 2.35. The summed E-state index contributed by atoms with van der Waals surface area (Å²) in [5.74, 6) is 1.94. The summed E-state index contributed by atoms with van der Waals surface area (Å²) in [7, 11) is 0. The van der Waals surface area contributed by atoms with Gasteiger partial charge in [-0.2, -0.15) is 0 Å². The van der Waals surface area contributed by atoms with E-state index < -0.39 is 0 Å². The molecule has 2 fully saturated rings. The van der Waals surface area contributed by atoms with Crippen LogP contribution < -0.4 is 0 Å². The number of rotatable bonds is 0. The molecular formula is C15H33N. The van der Waals surface area contributed by atoms with E-state index in [1.807, 2.05) is 27.7 Å². The van der Waals surface area contributed by atoms with Crippen molar-refractivity contribution in [2.75, 3.05) is 13.1 Å². The molecule has 0 amide bonds. The normalized spacial score (nSPS) is 33.8. The van der Waals surface area contributed by atoms with E-state index in [2.05, 4.69) is 18.7 Å². The molecule has 0 N–H and O–H groups in total. The molecule has 0 aromatic heterocycles. The molecule has 16 heavy (non-hydrogen) atoms. The Balaban J connectivity index is 0.000000509. The second kappa shape index (κ2) is 9.04. The molecule has 0 aromatic carbocycles. The van der Waals surface area contributed by atoms with Crippen molar-refractivity contribution < 1.29 is 0 Å². The molecule has 0 bridgehead atoms. The van der Waals surface area contributed by atoms with Crippen LogP contribution in [-0.4, -0.2) is 24.0 Å². The minimum atomic E-state index is 0.933. The number of nitrogens with zero attached hydrogens (tertiary/aromatic N) is 1. The van der Waals surface area contributed by atoms with E-state index in [0.717, 1.165) is 17.9 Å². The summed E-state index contributed by atoms with van der Waals surface area (Å²) in [6, 6.07) is 0.933. The van der Waals surface area contributed by atoms with Crippen LogP contribution in [0, 0.1) is 11.8 Å². The maximum absolute atomic E-state index is 2.73. The van der Waals surface area contributed by atoms with E-state index in [1.165, 1.54) is 38.8 Å². The summed E-state index contributed by atoms with van der Waals surface area (Å²) >= 11 is 0. The lowest BCUT2D eigenvalue weighted by molar-refractivity contribution is 0.0466. The highest BCUT2D eigenvalue weighted by Crippen LogP contribution is 2.32. The van der Waals surface area contributed by atoms with Crippen LogP contribution in [0.3, 0.4) is 0 Å². The first kappa shape index (κ1) is 16.0. The van der Waals surface area contributed by atoms with Gasteiger partial charge in [-0.25, -0.2) is 0 Å². The van der Waals surface area contributed by atoms with Gasteiger partial charge in [-0.1, -0.05) is 41.5 Å². The van der Waals surface area contributed by atoms with Crippen LogP contribution in [0.4, 0.5) is 0 Å². The molecule has 3 atom stereocenters. The minimum absolute atomic E-state index is 0.933. The first-order valence-corrected chi connectivity index (χ1v) is 7.51. The third kappa shape index (κ3) is 4.45. The van der Waals surface area contributed by atoms with Crippen molar-refractivity contribution in [1.29, 1.82) is 0 Å². The van der Waals surface area contributed by atoms with Crippen molar-refractivity contribution in [3.8, 4) is 0 Å². The van der Waals surface area contributed by atoms with Gasteiger partial charge < -0.3 is 4.90 Å².